The van der Waals surface area contributed by atoms with Gasteiger partial charge in [-0.1, -0.05) is 6.58 Å². The van der Waals surface area contributed by atoms with E-state index in [2.05, 4.69) is 12.3 Å². The Bertz CT molecular complexity index is 243. The molecule has 0 aromatic carbocycles. The molecule has 0 aromatic rings. The van der Waals surface area contributed by atoms with Gasteiger partial charge in [0.1, 0.15) is 0 Å². The molecule has 58 valence electrons. The van der Waals surface area contributed by atoms with Crippen molar-refractivity contribution in [3.63, 3.8) is 0 Å². The van der Waals surface area contributed by atoms with Crippen LogP contribution in [0.1, 0.15) is 0 Å². The second-order valence-electron chi connectivity index (χ2n) is 1.52. The molecule has 0 spiro atoms. The van der Waals surface area contributed by atoms with Crippen molar-refractivity contribution in [2.45, 2.75) is 0 Å². The van der Waals surface area contributed by atoms with E-state index in [1.807, 2.05) is 0 Å². The molecule has 6 heteroatoms. The summed E-state index contributed by atoms with van der Waals surface area (Å²) in [5.74, 6) is 0. The SMILES string of the molecule is C=CS(=O)(=O)N(C)C(N)=O. The van der Waals surface area contributed by atoms with Crippen molar-refractivity contribution in [3.05, 3.63) is 12.0 Å². The first kappa shape index (κ1) is 8.96. The standard InChI is InChI=1S/C4H8N2O3S/c1-3-10(8,9)6(2)4(5)7/h3H,1H2,2H3,(H2,5,7). The third-order valence-electron chi connectivity index (χ3n) is 0.903. The van der Waals surface area contributed by atoms with Crippen molar-refractivity contribution in [2.75, 3.05) is 7.05 Å². The topological polar surface area (TPSA) is 80.5 Å². The molecule has 0 heterocycles. The highest BCUT2D eigenvalue weighted by Crippen LogP contribution is 1.96. The normalized spacial score (nSPS) is 10.5. The molecule has 0 aliphatic heterocycles. The van der Waals surface area contributed by atoms with Gasteiger partial charge in [-0.15, -0.1) is 0 Å². The van der Waals surface area contributed by atoms with E-state index in [0.29, 0.717) is 9.71 Å². The third kappa shape index (κ3) is 1.73. The van der Waals surface area contributed by atoms with Crippen LogP contribution in [0.5, 0.6) is 0 Å². The zero-order valence-corrected chi connectivity index (χ0v) is 6.26. The van der Waals surface area contributed by atoms with Gasteiger partial charge in [0, 0.05) is 12.5 Å². The van der Waals surface area contributed by atoms with Crippen LogP contribution < -0.4 is 5.73 Å². The fourth-order valence-electron chi connectivity index (χ4n) is 0.237. The first-order chi connectivity index (χ1) is 4.41. The predicted octanol–water partition coefficient (Wildman–Crippen LogP) is -0.530. The van der Waals surface area contributed by atoms with Gasteiger partial charge in [-0.3, -0.25) is 0 Å². The summed E-state index contributed by atoms with van der Waals surface area (Å²) in [4.78, 5) is 10.2. The molecule has 0 atom stereocenters. The van der Waals surface area contributed by atoms with Crippen LogP contribution in [0.3, 0.4) is 0 Å². The van der Waals surface area contributed by atoms with Crippen LogP contribution in [0, 0.1) is 0 Å². The van der Waals surface area contributed by atoms with E-state index in [-0.39, 0.29) is 0 Å². The average molecular weight is 164 g/mol. The summed E-state index contributed by atoms with van der Waals surface area (Å²) in [6, 6.07) is -1.03. The molecule has 5 nitrogen and oxygen atoms in total. The zero-order chi connectivity index (χ0) is 8.36. The van der Waals surface area contributed by atoms with E-state index >= 15 is 0 Å². The van der Waals surface area contributed by atoms with E-state index in [9.17, 15) is 13.2 Å². The van der Waals surface area contributed by atoms with Crippen LogP contribution in [-0.2, 0) is 10.0 Å². The van der Waals surface area contributed by atoms with Gasteiger partial charge in [0.05, 0.1) is 0 Å². The van der Waals surface area contributed by atoms with Gasteiger partial charge in [-0.05, 0) is 0 Å². The molecule has 0 fully saturated rings. The maximum atomic E-state index is 10.6. The van der Waals surface area contributed by atoms with Crippen LogP contribution in [0.2, 0.25) is 0 Å². The van der Waals surface area contributed by atoms with E-state index in [1.54, 1.807) is 0 Å². The quantitative estimate of drug-likeness (QED) is 0.595. The van der Waals surface area contributed by atoms with Crippen molar-refractivity contribution in [1.29, 1.82) is 0 Å². The molecule has 0 unspecified atom stereocenters. The molecule has 2 N–H and O–H groups in total. The molecule has 0 bridgehead atoms. The Labute approximate surface area is 59.2 Å². The lowest BCUT2D eigenvalue weighted by molar-refractivity contribution is 0.237. The van der Waals surface area contributed by atoms with Gasteiger partial charge in [-0.25, -0.2) is 17.5 Å². The van der Waals surface area contributed by atoms with Crippen molar-refractivity contribution >= 4 is 16.1 Å². The van der Waals surface area contributed by atoms with E-state index < -0.39 is 16.1 Å². The highest BCUT2D eigenvalue weighted by molar-refractivity contribution is 7.92. The molecule has 10 heavy (non-hydrogen) atoms. The van der Waals surface area contributed by atoms with Crippen LogP contribution >= 0.6 is 0 Å². The molecule has 0 aromatic heterocycles. The number of urea groups is 1. The summed E-state index contributed by atoms with van der Waals surface area (Å²) in [6.45, 7) is 3.00. The summed E-state index contributed by atoms with van der Waals surface area (Å²) in [7, 11) is -2.62. The molecule has 0 aliphatic rings. The lowest BCUT2D eigenvalue weighted by Gasteiger charge is -2.09. The van der Waals surface area contributed by atoms with Crippen molar-refractivity contribution in [3.8, 4) is 0 Å². The Morgan fingerprint density at radius 2 is 2.10 bits per heavy atom. The Balaban J connectivity index is 4.67. The summed E-state index contributed by atoms with van der Waals surface area (Å²) < 4.78 is 21.7. The second kappa shape index (κ2) is 2.70. The highest BCUT2D eigenvalue weighted by atomic mass is 32.2. The van der Waals surface area contributed by atoms with E-state index in [1.165, 1.54) is 0 Å². The minimum Gasteiger partial charge on any atom is -0.351 e. The fourth-order valence-corrected chi connectivity index (χ4v) is 0.712. The van der Waals surface area contributed by atoms with Gasteiger partial charge in [0.2, 0.25) is 0 Å². The van der Waals surface area contributed by atoms with Crippen LogP contribution in [0.15, 0.2) is 12.0 Å². The number of carbonyl (C=O) groups excluding carboxylic acids is 1. The van der Waals surface area contributed by atoms with Gasteiger partial charge >= 0.3 is 6.03 Å². The minimum atomic E-state index is -3.67. The molecule has 0 aliphatic carbocycles. The maximum Gasteiger partial charge on any atom is 0.328 e. The number of sulfonamides is 1. The van der Waals surface area contributed by atoms with Crippen molar-refractivity contribution < 1.29 is 13.2 Å². The number of amides is 2. The Hall–Kier alpha value is -1.04. The number of nitrogens with two attached hydrogens (primary N) is 1. The van der Waals surface area contributed by atoms with E-state index in [4.69, 9.17) is 0 Å². The average Bonchev–Trinajstić information content (AvgIpc) is 1.86. The Morgan fingerprint density at radius 1 is 1.70 bits per heavy atom. The molecular weight excluding hydrogens is 156 g/mol. The largest absolute Gasteiger partial charge is 0.351 e. The zero-order valence-electron chi connectivity index (χ0n) is 5.44. The number of rotatable bonds is 2. The molecule has 0 rings (SSSR count). The molecule has 0 radical (unpaired) electrons. The van der Waals surface area contributed by atoms with Crippen molar-refractivity contribution in [1.82, 2.24) is 4.31 Å². The maximum absolute atomic E-state index is 10.6. The lowest BCUT2D eigenvalue weighted by atomic mass is 11.0. The minimum absolute atomic E-state index is 0.403. The van der Waals surface area contributed by atoms with Crippen LogP contribution in [0.25, 0.3) is 0 Å². The third-order valence-corrected chi connectivity index (χ3v) is 2.27. The van der Waals surface area contributed by atoms with Gasteiger partial charge < -0.3 is 5.73 Å². The predicted molar refractivity (Wildman–Crippen MR) is 36.5 cm³/mol. The summed E-state index contributed by atoms with van der Waals surface area (Å²) >= 11 is 0. The number of nitrogens with zero attached hydrogens (tertiary/aromatic N) is 1. The first-order valence-electron chi connectivity index (χ1n) is 2.32. The Kier molecular flexibility index (Phi) is 2.42. The number of primary amides is 1. The molecule has 0 saturated carbocycles. The molecule has 2 amide bonds. The fraction of sp³-hybridized carbons (Fsp3) is 0.250. The summed E-state index contributed by atoms with van der Waals surface area (Å²) in [5.41, 5.74) is 4.66. The Morgan fingerprint density at radius 3 is 2.20 bits per heavy atom. The molecule has 0 saturated heterocycles. The molecular formula is C4H8N2O3S. The van der Waals surface area contributed by atoms with Crippen LogP contribution in [-0.4, -0.2) is 25.8 Å². The van der Waals surface area contributed by atoms with Gasteiger partial charge in [0.15, 0.2) is 0 Å². The van der Waals surface area contributed by atoms with Crippen LogP contribution in [0.4, 0.5) is 4.79 Å². The second-order valence-corrected chi connectivity index (χ2v) is 3.43. The first-order valence-corrected chi connectivity index (χ1v) is 3.83. The highest BCUT2D eigenvalue weighted by Gasteiger charge is 2.15. The number of hydrogen-bond acceptors (Lipinski definition) is 3. The monoisotopic (exact) mass is 164 g/mol. The summed E-state index contributed by atoms with van der Waals surface area (Å²) in [5, 5.41) is 0.651. The summed E-state index contributed by atoms with van der Waals surface area (Å²) in [6.07, 6.45) is 0. The number of hydrogen-bond donors (Lipinski definition) is 1. The number of carbonyl (C=O) groups is 1. The van der Waals surface area contributed by atoms with Gasteiger partial charge in [0.25, 0.3) is 10.0 Å². The van der Waals surface area contributed by atoms with Crippen molar-refractivity contribution in [2.24, 2.45) is 5.73 Å². The smallest absolute Gasteiger partial charge is 0.328 e. The van der Waals surface area contributed by atoms with E-state index in [0.717, 1.165) is 7.05 Å². The van der Waals surface area contributed by atoms with Gasteiger partial charge in [-0.2, -0.15) is 0 Å². The lowest BCUT2D eigenvalue weighted by Crippen LogP contribution is -2.35.